The Morgan fingerprint density at radius 2 is 1.15 bits per heavy atom. The maximum absolute atomic E-state index is 15.8. The van der Waals surface area contributed by atoms with Gasteiger partial charge in [0.1, 0.15) is 127 Å². The van der Waals surface area contributed by atoms with E-state index in [9.17, 15) is 96.7 Å². The fraction of sp³-hybridized carbons (Fsp3) is 0.943. The highest BCUT2D eigenvalue weighted by Crippen LogP contribution is 2.76. The van der Waals surface area contributed by atoms with Crippen LogP contribution in [0.3, 0.4) is 0 Å². The van der Waals surface area contributed by atoms with E-state index in [0.29, 0.717) is 38.5 Å². The maximum Gasteiger partial charge on any atom is 0.335 e. The average molecular weight is 1530 g/mol. The predicted molar refractivity (Wildman–Crippen MR) is 348 cm³/mol. The third kappa shape index (κ3) is 14.0. The second-order valence-corrected chi connectivity index (χ2v) is 33.4. The lowest BCUT2D eigenvalue weighted by Crippen LogP contribution is -2.70. The molecular formula is C70H112O36. The first kappa shape index (κ1) is 82.8. The summed E-state index contributed by atoms with van der Waals surface area (Å²) >= 11 is 0. The minimum atomic E-state index is -2.18. The number of hydrogen-bond acceptors (Lipinski definition) is 35. The van der Waals surface area contributed by atoms with Crippen molar-refractivity contribution in [2.75, 3.05) is 47.3 Å². The molecule has 0 radical (unpaired) electrons. The van der Waals surface area contributed by atoms with Gasteiger partial charge < -0.3 is 168 Å². The number of hydrogen-bond donors (Lipinski definition) is 18. The fourth-order valence-corrected chi connectivity index (χ4v) is 20.2. The molecule has 0 amide bonds. The molecule has 608 valence electrons. The average Bonchev–Trinajstić information content (AvgIpc) is 0.725. The van der Waals surface area contributed by atoms with Crippen LogP contribution in [0.4, 0.5) is 0 Å². The summed E-state index contributed by atoms with van der Waals surface area (Å²) in [6, 6.07) is 0. The number of carbonyl (C=O) groups excluding carboxylic acids is 1. The number of ether oxygens (including phenoxy) is 16. The van der Waals surface area contributed by atoms with Crippen molar-refractivity contribution in [1.29, 1.82) is 0 Å². The SMILES string of the molecule is COC1C(O)C(OC2C(OC(=O)[C@]34CCC(C)(C)CC3C3=CCC5C6(C)CCC(OC7OC(C(=O)O)C(O)C(OC8OCC(O)C(O)C8O)C7OC7OC(CO)C(O)C(O)C7O)[C@@](C)(OC)C6CCC5(C)[C@]3(C)C[C@H]4O)OC(C)C(O)C2O)OC(C)C1OC1OCC(O)C(OC2OCC(O)(CO)C2O)C1O. The molecule has 0 aromatic rings. The number of rotatable bonds is 19. The van der Waals surface area contributed by atoms with Gasteiger partial charge in [-0.2, -0.15) is 0 Å². The molecule has 0 spiro atoms. The highest BCUT2D eigenvalue weighted by atomic mass is 16.8. The topological polar surface area (TPSA) is 546 Å². The predicted octanol–water partition coefficient (Wildman–Crippen LogP) is -5.49. The molecule has 11 fully saturated rings. The van der Waals surface area contributed by atoms with E-state index >= 15 is 4.79 Å². The van der Waals surface area contributed by atoms with Crippen LogP contribution in [0.1, 0.15) is 113 Å². The quantitative estimate of drug-likeness (QED) is 0.0326. The van der Waals surface area contributed by atoms with Crippen LogP contribution >= 0.6 is 0 Å². The van der Waals surface area contributed by atoms with Gasteiger partial charge in [-0.25, -0.2) is 4.79 Å². The number of aliphatic carboxylic acids is 1. The van der Waals surface area contributed by atoms with Crippen LogP contribution in [0, 0.1) is 44.8 Å². The summed E-state index contributed by atoms with van der Waals surface area (Å²) in [5.41, 5.74) is -6.31. The number of methoxy groups -OCH3 is 2. The lowest BCUT2D eigenvalue weighted by molar-refractivity contribution is -0.394. The summed E-state index contributed by atoms with van der Waals surface area (Å²) in [7, 11) is 2.76. The van der Waals surface area contributed by atoms with Crippen molar-refractivity contribution >= 4 is 11.9 Å². The number of fused-ring (bicyclic) bond motifs is 7. The first-order valence-corrected chi connectivity index (χ1v) is 36.8. The fourth-order valence-electron chi connectivity index (χ4n) is 20.2. The van der Waals surface area contributed by atoms with Crippen LogP contribution < -0.4 is 0 Å². The molecule has 106 heavy (non-hydrogen) atoms. The molecule has 12 rings (SSSR count). The van der Waals surface area contributed by atoms with Crippen molar-refractivity contribution in [3.63, 3.8) is 0 Å². The molecule has 0 aromatic heterocycles. The lowest BCUT2D eigenvalue weighted by atomic mass is 9.34. The molecule has 7 heterocycles. The molecular weight excluding hydrogens is 1420 g/mol. The summed E-state index contributed by atoms with van der Waals surface area (Å²) < 4.78 is 97.0. The number of carbonyl (C=O) groups is 2. The van der Waals surface area contributed by atoms with Gasteiger partial charge in [0.2, 0.25) is 6.29 Å². The smallest absolute Gasteiger partial charge is 0.335 e. The van der Waals surface area contributed by atoms with Crippen LogP contribution in [0.5, 0.6) is 0 Å². The molecule has 41 atom stereocenters. The third-order valence-electron chi connectivity index (χ3n) is 26.9. The standard InChI is InChI=1S/C70H112O36/c1-26-37(76)41(80)52(104-59-46(85)49(91-9)47(27(2)97-59)100-57-45(84)48(31(74)23-94-57)101-62-54(86)69(90,24-72)25-95-62)60(96-26)106-63(89)70-18-17-64(3,4)19-29(70)28-11-12-33-65(5)15-14-36(68(8,92-10)34(65)13-16-66(33,6)67(28,7)20-35(70)75)99-61-53(105-58-43(82)40(79)39(78)32(21-71)98-58)50(44(83)51(103-61)55(87)88)102-56-42(81)38(77)30(73)22-93-56/h11,26-27,29-54,56-62,71-86,90H,12-25H2,1-10H3,(H,87,88)/t26?,27?,29?,30?,31?,32?,33?,34?,35-,36?,37?,38?,39?,40?,41?,42?,43?,44?,45?,46?,47?,48?,49?,50?,51?,52?,53?,54?,56?,57?,58?,59?,60?,61?,62?,65?,66?,67-,68+,69?,70-/m1/s1. The van der Waals surface area contributed by atoms with E-state index in [1.54, 1.807) is 0 Å². The Labute approximate surface area is 612 Å². The molecule has 36 heteroatoms. The van der Waals surface area contributed by atoms with E-state index in [0.717, 1.165) is 5.57 Å². The Morgan fingerprint density at radius 3 is 1.80 bits per heavy atom. The van der Waals surface area contributed by atoms with Crippen LogP contribution in [-0.4, -0.2) is 359 Å². The van der Waals surface area contributed by atoms with Crippen LogP contribution in [0.2, 0.25) is 0 Å². The minimum absolute atomic E-state index is 0.0953. The monoisotopic (exact) mass is 1530 g/mol. The number of carboxylic acids is 1. The Bertz CT molecular complexity index is 3080. The van der Waals surface area contributed by atoms with Gasteiger partial charge in [0.15, 0.2) is 49.9 Å². The summed E-state index contributed by atoms with van der Waals surface area (Å²) in [5.74, 6) is -3.65. The van der Waals surface area contributed by atoms with Gasteiger partial charge in [0, 0.05) is 14.2 Å². The van der Waals surface area contributed by atoms with Gasteiger partial charge in [-0.15, -0.1) is 0 Å². The van der Waals surface area contributed by atoms with Crippen LogP contribution in [0.15, 0.2) is 11.6 Å². The molecule has 12 aliphatic rings. The first-order chi connectivity index (χ1) is 49.7. The Hall–Kier alpha value is -2.60. The van der Waals surface area contributed by atoms with Crippen molar-refractivity contribution in [3.8, 4) is 0 Å². The first-order valence-electron chi connectivity index (χ1n) is 36.8. The van der Waals surface area contributed by atoms with Gasteiger partial charge in [0.05, 0.1) is 63.1 Å². The highest BCUT2D eigenvalue weighted by molar-refractivity contribution is 5.80. The van der Waals surface area contributed by atoms with E-state index in [4.69, 9.17) is 75.8 Å². The van der Waals surface area contributed by atoms with Gasteiger partial charge in [-0.05, 0) is 118 Å². The molecule has 37 unspecified atom stereocenters. The van der Waals surface area contributed by atoms with Gasteiger partial charge in [-0.1, -0.05) is 46.3 Å². The zero-order chi connectivity index (χ0) is 77.4. The van der Waals surface area contributed by atoms with E-state index in [-0.39, 0.29) is 36.5 Å². The number of aliphatic hydroxyl groups excluding tert-OH is 16. The van der Waals surface area contributed by atoms with E-state index in [1.165, 1.54) is 28.1 Å². The van der Waals surface area contributed by atoms with Crippen molar-refractivity contribution in [2.24, 2.45) is 44.8 Å². The highest BCUT2D eigenvalue weighted by Gasteiger charge is 2.73. The second-order valence-electron chi connectivity index (χ2n) is 33.4. The summed E-state index contributed by atoms with van der Waals surface area (Å²) in [5, 5.41) is 199. The molecule has 5 aliphatic carbocycles. The summed E-state index contributed by atoms with van der Waals surface area (Å²) in [6.07, 6.45) is -48.5. The lowest BCUT2D eigenvalue weighted by Gasteiger charge is -2.71. The zero-order valence-electron chi connectivity index (χ0n) is 61.1. The van der Waals surface area contributed by atoms with Gasteiger partial charge >= 0.3 is 11.9 Å². The number of carboxylic acid groups (broad SMARTS) is 1. The molecule has 0 aromatic carbocycles. The van der Waals surface area contributed by atoms with Crippen molar-refractivity contribution < 1.29 is 177 Å². The number of esters is 1. The maximum atomic E-state index is 15.8. The number of allylic oxidation sites excluding steroid dienone is 2. The van der Waals surface area contributed by atoms with Crippen molar-refractivity contribution in [3.05, 3.63) is 11.6 Å². The molecule has 7 aliphatic heterocycles. The molecule has 0 bridgehead atoms. The molecule has 7 saturated heterocycles. The molecule has 18 N–H and O–H groups in total. The minimum Gasteiger partial charge on any atom is -0.479 e. The molecule has 4 saturated carbocycles. The van der Waals surface area contributed by atoms with Crippen LogP contribution in [-0.2, 0) is 85.4 Å². The Balaban J connectivity index is 0.781. The Kier molecular flexibility index (Phi) is 24.2. The van der Waals surface area contributed by atoms with Crippen molar-refractivity contribution in [1.82, 2.24) is 0 Å². The largest absolute Gasteiger partial charge is 0.479 e. The third-order valence-corrected chi connectivity index (χ3v) is 26.9. The van der Waals surface area contributed by atoms with Crippen LogP contribution in [0.25, 0.3) is 0 Å². The van der Waals surface area contributed by atoms with Gasteiger partial charge in [-0.3, -0.25) is 4.79 Å². The summed E-state index contributed by atoms with van der Waals surface area (Å²) in [6.45, 7) is 12.3. The molecule has 36 nitrogen and oxygen atoms in total. The van der Waals surface area contributed by atoms with E-state index in [1.807, 2.05) is 6.92 Å². The van der Waals surface area contributed by atoms with E-state index in [2.05, 4.69) is 40.7 Å². The van der Waals surface area contributed by atoms with Gasteiger partial charge in [0.25, 0.3) is 0 Å². The van der Waals surface area contributed by atoms with E-state index < -0.39 is 280 Å². The summed E-state index contributed by atoms with van der Waals surface area (Å²) in [4.78, 5) is 28.9. The normalized spacial score (nSPS) is 54.6. The second kappa shape index (κ2) is 31.0. The van der Waals surface area contributed by atoms with Crippen molar-refractivity contribution in [2.45, 2.75) is 321 Å². The Morgan fingerprint density at radius 1 is 0.538 bits per heavy atom. The number of aliphatic hydroxyl groups is 17. The zero-order valence-corrected chi connectivity index (χ0v) is 61.1.